The number of fused-ring (bicyclic) bond motifs is 1. The Balaban J connectivity index is 2.29. The summed E-state index contributed by atoms with van der Waals surface area (Å²) in [7, 11) is 2.93. The largest absolute Gasteiger partial charge is 0.496 e. The number of hydrogen-bond donors (Lipinski definition) is 0. The molecule has 0 fully saturated rings. The smallest absolute Gasteiger partial charge is 0.130 e. The summed E-state index contributed by atoms with van der Waals surface area (Å²) in [6, 6.07) is 12.2. The second-order valence-corrected chi connectivity index (χ2v) is 10.2. The van der Waals surface area contributed by atoms with Crippen LogP contribution in [0, 0.1) is 0 Å². The molecule has 3 rings (SSSR count). The molecule has 0 radical (unpaired) electrons. The molecular weight excluding hydrogens is 319 g/mol. The Morgan fingerprint density at radius 3 is 2.08 bits per heavy atom. The fourth-order valence-electron chi connectivity index (χ4n) is 3.48. The van der Waals surface area contributed by atoms with Gasteiger partial charge in [0, 0.05) is 10.9 Å². The predicted molar refractivity (Wildman–Crippen MR) is 101 cm³/mol. The minimum Gasteiger partial charge on any atom is -0.496 e. The van der Waals surface area contributed by atoms with Crippen LogP contribution in [-0.4, -0.2) is 25.2 Å². The molecule has 3 nitrogen and oxygen atoms in total. The number of benzene rings is 2. The number of methoxy groups -OCH3 is 2. The minimum absolute atomic E-state index is 0.158. The van der Waals surface area contributed by atoms with E-state index in [0.29, 0.717) is 0 Å². The molecule has 2 atom stereocenters. The summed E-state index contributed by atoms with van der Waals surface area (Å²) in [5.41, 5.74) is 2.17. The van der Waals surface area contributed by atoms with Crippen LogP contribution >= 0.6 is 7.92 Å². The van der Waals surface area contributed by atoms with Gasteiger partial charge in [-0.2, -0.15) is 0 Å². The van der Waals surface area contributed by atoms with Crippen LogP contribution in [-0.2, 0) is 0 Å². The van der Waals surface area contributed by atoms with Crippen LogP contribution < -0.4 is 19.5 Å². The molecule has 0 unspecified atom stereocenters. The SMILES string of the molecule is COc1cccc(OC)c1-c1cccc2c1[P@](C(C)(C)C)[C@@H](C)O2. The Hall–Kier alpha value is -1.73. The first-order chi connectivity index (χ1) is 11.4. The van der Waals surface area contributed by atoms with Crippen molar-refractivity contribution < 1.29 is 14.2 Å². The van der Waals surface area contributed by atoms with Gasteiger partial charge in [0.05, 0.1) is 19.8 Å². The van der Waals surface area contributed by atoms with Crippen molar-refractivity contribution in [3.8, 4) is 28.4 Å². The standard InChI is InChI=1S/C20H25O3P/c1-13-23-17-12-7-9-14(19(17)24(13)20(2,3)4)18-15(21-5)10-8-11-16(18)22-6/h7-13H,1-6H3/t13-,24+/m0/s1. The van der Waals surface area contributed by atoms with Crippen LogP contribution in [0.3, 0.4) is 0 Å². The highest BCUT2D eigenvalue weighted by Crippen LogP contribution is 2.60. The maximum Gasteiger partial charge on any atom is 0.130 e. The number of hydrogen-bond acceptors (Lipinski definition) is 3. The summed E-state index contributed by atoms with van der Waals surface area (Å²) in [6.07, 6.45) is 0. The van der Waals surface area contributed by atoms with E-state index < -0.39 is 7.92 Å². The first-order valence-corrected chi connectivity index (χ1v) is 9.60. The fourth-order valence-corrected chi connectivity index (χ4v) is 6.64. The fraction of sp³-hybridized carbons (Fsp3) is 0.400. The van der Waals surface area contributed by atoms with Gasteiger partial charge in [-0.3, -0.25) is 0 Å². The van der Waals surface area contributed by atoms with Crippen LogP contribution in [0.15, 0.2) is 36.4 Å². The van der Waals surface area contributed by atoms with Crippen molar-refractivity contribution >= 4 is 13.2 Å². The van der Waals surface area contributed by atoms with Crippen LogP contribution in [0.2, 0.25) is 0 Å². The topological polar surface area (TPSA) is 27.7 Å². The van der Waals surface area contributed by atoms with Gasteiger partial charge in [-0.15, -0.1) is 0 Å². The third-order valence-electron chi connectivity index (χ3n) is 4.32. The second kappa shape index (κ2) is 6.29. The molecule has 0 aliphatic carbocycles. The lowest BCUT2D eigenvalue weighted by Crippen LogP contribution is -2.23. The van der Waals surface area contributed by atoms with Crippen LogP contribution in [0.5, 0.6) is 17.2 Å². The van der Waals surface area contributed by atoms with Gasteiger partial charge in [0.2, 0.25) is 0 Å². The summed E-state index contributed by atoms with van der Waals surface area (Å²) >= 11 is 0. The number of rotatable bonds is 3. The van der Waals surface area contributed by atoms with Gasteiger partial charge in [0.25, 0.3) is 0 Å². The first kappa shape index (κ1) is 17.1. The molecule has 0 bridgehead atoms. The monoisotopic (exact) mass is 344 g/mol. The van der Waals surface area contributed by atoms with Gasteiger partial charge in [0.15, 0.2) is 0 Å². The maximum atomic E-state index is 6.20. The van der Waals surface area contributed by atoms with Crippen molar-refractivity contribution in [2.24, 2.45) is 0 Å². The summed E-state index contributed by atoms with van der Waals surface area (Å²) in [5.74, 6) is 2.85. The van der Waals surface area contributed by atoms with Gasteiger partial charge >= 0.3 is 0 Å². The van der Waals surface area contributed by atoms with E-state index >= 15 is 0 Å². The molecule has 0 N–H and O–H groups in total. The van der Waals surface area contributed by atoms with E-state index in [1.54, 1.807) is 14.2 Å². The molecule has 1 aliphatic rings. The molecule has 4 heteroatoms. The van der Waals surface area contributed by atoms with Gasteiger partial charge in [0.1, 0.15) is 23.1 Å². The third kappa shape index (κ3) is 2.75. The number of ether oxygens (including phenoxy) is 3. The highest BCUT2D eigenvalue weighted by molar-refractivity contribution is 7.68. The average Bonchev–Trinajstić information content (AvgIpc) is 2.89. The summed E-state index contributed by atoms with van der Waals surface area (Å²) in [6.45, 7) is 9.07. The van der Waals surface area contributed by atoms with E-state index in [2.05, 4.69) is 39.8 Å². The Morgan fingerprint density at radius 1 is 0.958 bits per heavy atom. The van der Waals surface area contributed by atoms with Crippen molar-refractivity contribution in [3.63, 3.8) is 0 Å². The van der Waals surface area contributed by atoms with E-state index in [0.717, 1.165) is 28.4 Å². The van der Waals surface area contributed by atoms with E-state index in [9.17, 15) is 0 Å². The molecule has 1 heterocycles. The minimum atomic E-state index is -0.476. The molecule has 24 heavy (non-hydrogen) atoms. The molecule has 2 aromatic rings. The van der Waals surface area contributed by atoms with Gasteiger partial charge < -0.3 is 14.2 Å². The molecule has 0 spiro atoms. The van der Waals surface area contributed by atoms with E-state index in [4.69, 9.17) is 14.2 Å². The maximum absolute atomic E-state index is 6.20. The van der Waals surface area contributed by atoms with E-state index in [1.807, 2.05) is 24.3 Å². The molecule has 0 aromatic heterocycles. The lowest BCUT2D eigenvalue weighted by Gasteiger charge is -2.31. The van der Waals surface area contributed by atoms with Gasteiger partial charge in [-0.25, -0.2) is 0 Å². The molecule has 1 aliphatic heterocycles. The zero-order valence-electron chi connectivity index (χ0n) is 15.2. The lowest BCUT2D eigenvalue weighted by atomic mass is 10.0. The van der Waals surface area contributed by atoms with Gasteiger partial charge in [-0.05, 0) is 38.2 Å². The molecule has 128 valence electrons. The normalized spacial score (nSPS) is 19.6. The summed E-state index contributed by atoms with van der Waals surface area (Å²) in [4.78, 5) is 0. The average molecular weight is 344 g/mol. The zero-order chi connectivity index (χ0) is 17.5. The Labute approximate surface area is 145 Å². The highest BCUT2D eigenvalue weighted by atomic mass is 31.1. The first-order valence-electron chi connectivity index (χ1n) is 8.19. The third-order valence-corrected chi connectivity index (χ3v) is 7.54. The Kier molecular flexibility index (Phi) is 4.48. The second-order valence-electron chi connectivity index (χ2n) is 6.95. The van der Waals surface area contributed by atoms with Crippen LogP contribution in [0.25, 0.3) is 11.1 Å². The van der Waals surface area contributed by atoms with Crippen molar-refractivity contribution in [1.29, 1.82) is 0 Å². The quantitative estimate of drug-likeness (QED) is 0.732. The molecule has 0 saturated heterocycles. The molecule has 0 amide bonds. The lowest BCUT2D eigenvalue weighted by molar-refractivity contribution is 0.313. The van der Waals surface area contributed by atoms with E-state index in [1.165, 1.54) is 5.30 Å². The molecular formula is C20H25O3P. The Morgan fingerprint density at radius 2 is 1.54 bits per heavy atom. The Bertz CT molecular complexity index is 727. The van der Waals surface area contributed by atoms with Crippen molar-refractivity contribution in [2.45, 2.75) is 38.7 Å². The van der Waals surface area contributed by atoms with Crippen molar-refractivity contribution in [2.75, 3.05) is 14.2 Å². The molecule has 0 saturated carbocycles. The van der Waals surface area contributed by atoms with Crippen LogP contribution in [0.4, 0.5) is 0 Å². The zero-order valence-corrected chi connectivity index (χ0v) is 16.1. The van der Waals surface area contributed by atoms with E-state index in [-0.39, 0.29) is 11.0 Å². The van der Waals surface area contributed by atoms with Crippen LogP contribution in [0.1, 0.15) is 27.7 Å². The highest BCUT2D eigenvalue weighted by Gasteiger charge is 2.41. The van der Waals surface area contributed by atoms with Crippen molar-refractivity contribution in [1.82, 2.24) is 0 Å². The summed E-state index contributed by atoms with van der Waals surface area (Å²) in [5, 5.41) is 1.47. The van der Waals surface area contributed by atoms with Crippen molar-refractivity contribution in [3.05, 3.63) is 36.4 Å². The van der Waals surface area contributed by atoms with Gasteiger partial charge in [-0.1, -0.05) is 39.0 Å². The molecule has 2 aromatic carbocycles. The predicted octanol–water partition coefficient (Wildman–Crippen LogP) is 5.01. The summed E-state index contributed by atoms with van der Waals surface area (Å²) < 4.78 is 17.5.